The van der Waals surface area contributed by atoms with E-state index in [1.807, 2.05) is 0 Å². The number of anilines is 2. The standard InChI is InChI=1S/C11H10F2N2O/c12-10(13)11-6-5-9(16)15(11)8-4-2-1-3-7(8)14-11/h1-4,10,14H,5-6H2/t11-/m1/s1. The number of halogens is 2. The van der Waals surface area contributed by atoms with Gasteiger partial charge in [-0.15, -0.1) is 0 Å². The molecule has 3 nitrogen and oxygen atoms in total. The van der Waals surface area contributed by atoms with E-state index >= 15 is 0 Å². The maximum Gasteiger partial charge on any atom is 0.279 e. The first-order chi connectivity index (χ1) is 7.65. The fraction of sp³-hybridized carbons (Fsp3) is 0.364. The van der Waals surface area contributed by atoms with Crippen LogP contribution in [0.2, 0.25) is 0 Å². The summed E-state index contributed by atoms with van der Waals surface area (Å²) in [6, 6.07) is 6.91. The topological polar surface area (TPSA) is 32.3 Å². The molecular weight excluding hydrogens is 214 g/mol. The van der Waals surface area contributed by atoms with Crippen molar-refractivity contribution >= 4 is 17.3 Å². The van der Waals surface area contributed by atoms with Crippen molar-refractivity contribution in [2.24, 2.45) is 0 Å². The molecule has 1 fully saturated rings. The molecule has 0 spiro atoms. The van der Waals surface area contributed by atoms with Crippen molar-refractivity contribution in [3.05, 3.63) is 24.3 Å². The summed E-state index contributed by atoms with van der Waals surface area (Å²) in [5, 5.41) is 2.79. The molecule has 0 bridgehead atoms. The number of para-hydroxylation sites is 2. The van der Waals surface area contributed by atoms with Crippen LogP contribution in [0, 0.1) is 0 Å². The summed E-state index contributed by atoms with van der Waals surface area (Å²) in [5.74, 6) is -0.238. The van der Waals surface area contributed by atoms with Crippen molar-refractivity contribution in [3.63, 3.8) is 0 Å². The third-order valence-electron chi connectivity index (χ3n) is 3.23. The average Bonchev–Trinajstić information content (AvgIpc) is 2.75. The predicted molar refractivity (Wildman–Crippen MR) is 55.5 cm³/mol. The van der Waals surface area contributed by atoms with Crippen LogP contribution in [0.3, 0.4) is 0 Å². The van der Waals surface area contributed by atoms with Crippen LogP contribution < -0.4 is 10.2 Å². The second-order valence-corrected chi connectivity index (χ2v) is 4.10. The van der Waals surface area contributed by atoms with Gasteiger partial charge in [0.15, 0.2) is 5.66 Å². The Labute approximate surface area is 91.0 Å². The van der Waals surface area contributed by atoms with E-state index in [2.05, 4.69) is 5.32 Å². The first-order valence-corrected chi connectivity index (χ1v) is 5.13. The van der Waals surface area contributed by atoms with Gasteiger partial charge in [0, 0.05) is 12.8 Å². The molecule has 2 aliphatic rings. The van der Waals surface area contributed by atoms with Crippen molar-refractivity contribution in [1.29, 1.82) is 0 Å². The highest BCUT2D eigenvalue weighted by atomic mass is 19.3. The van der Waals surface area contributed by atoms with Gasteiger partial charge >= 0.3 is 0 Å². The lowest BCUT2D eigenvalue weighted by atomic mass is 10.1. The lowest BCUT2D eigenvalue weighted by Crippen LogP contribution is -2.53. The third kappa shape index (κ3) is 0.977. The number of nitrogens with zero attached hydrogens (tertiary/aromatic N) is 1. The number of amides is 1. The first-order valence-electron chi connectivity index (χ1n) is 5.13. The quantitative estimate of drug-likeness (QED) is 0.793. The SMILES string of the molecule is O=C1CC[C@@]2(C(F)F)Nc3ccccc3N12. The summed E-state index contributed by atoms with van der Waals surface area (Å²) in [5.41, 5.74) is -0.345. The maximum atomic E-state index is 13.2. The minimum atomic E-state index is -2.59. The van der Waals surface area contributed by atoms with Crippen LogP contribution >= 0.6 is 0 Å². The van der Waals surface area contributed by atoms with E-state index in [-0.39, 0.29) is 18.7 Å². The van der Waals surface area contributed by atoms with E-state index < -0.39 is 12.1 Å². The van der Waals surface area contributed by atoms with Gasteiger partial charge in [0.1, 0.15) is 0 Å². The summed E-state index contributed by atoms with van der Waals surface area (Å²) >= 11 is 0. The van der Waals surface area contributed by atoms with Crippen LogP contribution in [0.5, 0.6) is 0 Å². The average molecular weight is 224 g/mol. The largest absolute Gasteiger partial charge is 0.356 e. The molecule has 1 aromatic rings. The Morgan fingerprint density at radius 2 is 2.12 bits per heavy atom. The molecule has 0 aliphatic carbocycles. The summed E-state index contributed by atoms with van der Waals surface area (Å²) in [7, 11) is 0. The second-order valence-electron chi connectivity index (χ2n) is 4.10. The van der Waals surface area contributed by atoms with E-state index in [9.17, 15) is 13.6 Å². The zero-order valence-electron chi connectivity index (χ0n) is 8.41. The van der Waals surface area contributed by atoms with E-state index in [0.717, 1.165) is 0 Å². The molecule has 1 N–H and O–H groups in total. The number of hydrogen-bond acceptors (Lipinski definition) is 2. The van der Waals surface area contributed by atoms with Crippen LogP contribution in [0.25, 0.3) is 0 Å². The molecule has 0 radical (unpaired) electrons. The number of nitrogens with one attached hydrogen (secondary N) is 1. The van der Waals surface area contributed by atoms with Gasteiger partial charge in [-0.25, -0.2) is 8.78 Å². The molecule has 1 atom stereocenters. The molecule has 16 heavy (non-hydrogen) atoms. The summed E-state index contributed by atoms with van der Waals surface area (Å²) < 4.78 is 26.3. The number of carbonyl (C=O) groups excluding carboxylic acids is 1. The van der Waals surface area contributed by atoms with Crippen molar-refractivity contribution in [2.45, 2.75) is 24.9 Å². The zero-order valence-corrected chi connectivity index (χ0v) is 8.41. The molecule has 0 saturated carbocycles. The number of carbonyl (C=O) groups is 1. The summed E-state index contributed by atoms with van der Waals surface area (Å²) in [6.45, 7) is 0. The van der Waals surface area contributed by atoms with Crippen LogP contribution in [-0.2, 0) is 4.79 Å². The Bertz CT molecular complexity index is 463. The fourth-order valence-electron chi connectivity index (χ4n) is 2.48. The maximum absolute atomic E-state index is 13.2. The van der Waals surface area contributed by atoms with E-state index in [1.54, 1.807) is 24.3 Å². The zero-order chi connectivity index (χ0) is 11.3. The van der Waals surface area contributed by atoms with Gasteiger partial charge in [0.05, 0.1) is 11.4 Å². The number of rotatable bonds is 1. The van der Waals surface area contributed by atoms with Crippen molar-refractivity contribution in [1.82, 2.24) is 0 Å². The molecule has 1 saturated heterocycles. The molecule has 0 aromatic heterocycles. The van der Waals surface area contributed by atoms with E-state index in [1.165, 1.54) is 4.90 Å². The highest BCUT2D eigenvalue weighted by Gasteiger charge is 2.57. The van der Waals surface area contributed by atoms with Crippen LogP contribution in [-0.4, -0.2) is 18.0 Å². The molecule has 3 rings (SSSR count). The molecule has 5 heteroatoms. The van der Waals surface area contributed by atoms with Gasteiger partial charge in [0.25, 0.3) is 6.43 Å². The minimum Gasteiger partial charge on any atom is -0.356 e. The van der Waals surface area contributed by atoms with E-state index in [0.29, 0.717) is 11.4 Å². The minimum absolute atomic E-state index is 0.151. The summed E-state index contributed by atoms with van der Waals surface area (Å²) in [6.07, 6.45) is -2.27. The van der Waals surface area contributed by atoms with Gasteiger partial charge in [-0.2, -0.15) is 0 Å². The molecule has 1 amide bonds. The van der Waals surface area contributed by atoms with Crippen molar-refractivity contribution in [3.8, 4) is 0 Å². The highest BCUT2D eigenvalue weighted by Crippen LogP contribution is 2.48. The number of benzene rings is 1. The second kappa shape index (κ2) is 2.93. The Morgan fingerprint density at radius 3 is 2.88 bits per heavy atom. The summed E-state index contributed by atoms with van der Waals surface area (Å²) in [4.78, 5) is 12.9. The Hall–Kier alpha value is -1.65. The Kier molecular flexibility index (Phi) is 1.75. The Morgan fingerprint density at radius 1 is 1.38 bits per heavy atom. The van der Waals surface area contributed by atoms with Gasteiger partial charge in [-0.05, 0) is 12.1 Å². The van der Waals surface area contributed by atoms with Crippen LogP contribution in [0.15, 0.2) is 24.3 Å². The van der Waals surface area contributed by atoms with Gasteiger partial charge in [-0.1, -0.05) is 12.1 Å². The third-order valence-corrected chi connectivity index (χ3v) is 3.23. The van der Waals surface area contributed by atoms with Crippen LogP contribution in [0.1, 0.15) is 12.8 Å². The number of alkyl halides is 2. The smallest absolute Gasteiger partial charge is 0.279 e. The monoisotopic (exact) mass is 224 g/mol. The van der Waals surface area contributed by atoms with Gasteiger partial charge in [0.2, 0.25) is 5.91 Å². The lowest BCUT2D eigenvalue weighted by Gasteiger charge is -2.31. The molecule has 1 aromatic carbocycles. The molecule has 0 unspecified atom stereocenters. The van der Waals surface area contributed by atoms with Crippen molar-refractivity contribution < 1.29 is 13.6 Å². The molecular formula is C11H10F2N2O. The predicted octanol–water partition coefficient (Wildman–Crippen LogP) is 2.20. The van der Waals surface area contributed by atoms with Crippen molar-refractivity contribution in [2.75, 3.05) is 10.2 Å². The normalized spacial score (nSPS) is 26.9. The Balaban J connectivity index is 2.16. The van der Waals surface area contributed by atoms with Gasteiger partial charge < -0.3 is 5.32 Å². The van der Waals surface area contributed by atoms with E-state index in [4.69, 9.17) is 0 Å². The number of fused-ring (bicyclic) bond motifs is 3. The lowest BCUT2D eigenvalue weighted by molar-refractivity contribution is -0.117. The molecule has 84 valence electrons. The highest BCUT2D eigenvalue weighted by molar-refractivity contribution is 6.04. The molecule has 2 aliphatic heterocycles. The fourth-order valence-corrected chi connectivity index (χ4v) is 2.48. The first kappa shape index (κ1) is 9.57. The van der Waals surface area contributed by atoms with Crippen LogP contribution in [0.4, 0.5) is 20.2 Å². The molecule has 2 heterocycles. The number of hydrogen-bond donors (Lipinski definition) is 1. The van der Waals surface area contributed by atoms with Gasteiger partial charge in [-0.3, -0.25) is 9.69 Å².